The number of hydrogen-bond acceptors (Lipinski definition) is 4. The minimum absolute atomic E-state index is 0.109. The second-order valence-corrected chi connectivity index (χ2v) is 10.4. The van der Waals surface area contributed by atoms with Gasteiger partial charge in [-0.25, -0.2) is 0 Å². The number of anilines is 1. The van der Waals surface area contributed by atoms with Crippen molar-refractivity contribution in [1.82, 2.24) is 15.1 Å². The Balaban J connectivity index is 1.59. The molecular weight excluding hydrogens is 432 g/mol. The Bertz CT molecular complexity index is 1190. The van der Waals surface area contributed by atoms with Gasteiger partial charge >= 0.3 is 0 Å². The number of rotatable bonds is 4. The number of benzene rings is 1. The standard InChI is InChI=1S/C26H30N4O2S/c1-17-9-7-12-21(18(17)2)30-24(31)22-15-20(23-13-8-14-33-23)28-29(22)16-26(30,3)25(32)27-19-10-5-4-6-11-19/h7-9,12-15,19H,4-6,10-11,16H2,1-3H3,(H,27,32)/t26-/m0/s1. The van der Waals surface area contributed by atoms with E-state index in [4.69, 9.17) is 5.10 Å². The van der Waals surface area contributed by atoms with E-state index < -0.39 is 5.54 Å². The summed E-state index contributed by atoms with van der Waals surface area (Å²) in [5.74, 6) is -0.297. The van der Waals surface area contributed by atoms with Gasteiger partial charge in [-0.3, -0.25) is 19.2 Å². The van der Waals surface area contributed by atoms with Crippen LogP contribution in [0.4, 0.5) is 5.69 Å². The minimum atomic E-state index is -1.08. The molecule has 2 aromatic heterocycles. The Hall–Kier alpha value is -2.93. The predicted octanol–water partition coefficient (Wildman–Crippen LogP) is 5.10. The quantitative estimate of drug-likeness (QED) is 0.587. The molecule has 2 amide bonds. The molecule has 1 aliphatic carbocycles. The Morgan fingerprint density at radius 3 is 2.67 bits per heavy atom. The van der Waals surface area contributed by atoms with Crippen molar-refractivity contribution in [3.8, 4) is 10.6 Å². The van der Waals surface area contributed by atoms with Crippen molar-refractivity contribution in [2.75, 3.05) is 4.90 Å². The fourth-order valence-electron chi connectivity index (χ4n) is 5.07. The third kappa shape index (κ3) is 3.78. The van der Waals surface area contributed by atoms with Gasteiger partial charge in [0.25, 0.3) is 5.91 Å². The normalized spacial score (nSPS) is 21.2. The molecule has 33 heavy (non-hydrogen) atoms. The van der Waals surface area contributed by atoms with E-state index in [1.807, 2.05) is 62.5 Å². The second kappa shape index (κ2) is 8.45. The highest BCUT2D eigenvalue weighted by Crippen LogP contribution is 2.37. The molecule has 3 heterocycles. The first-order valence-electron chi connectivity index (χ1n) is 11.7. The van der Waals surface area contributed by atoms with Gasteiger partial charge < -0.3 is 5.32 Å². The smallest absolute Gasteiger partial charge is 0.277 e. The third-order valence-electron chi connectivity index (χ3n) is 7.17. The molecule has 1 aliphatic heterocycles. The van der Waals surface area contributed by atoms with Crippen LogP contribution < -0.4 is 10.2 Å². The minimum Gasteiger partial charge on any atom is -0.351 e. The van der Waals surface area contributed by atoms with Crippen LogP contribution in [-0.2, 0) is 11.3 Å². The Morgan fingerprint density at radius 2 is 1.94 bits per heavy atom. The van der Waals surface area contributed by atoms with E-state index >= 15 is 0 Å². The number of aromatic nitrogens is 2. The summed E-state index contributed by atoms with van der Waals surface area (Å²) in [5, 5.41) is 10.0. The van der Waals surface area contributed by atoms with Crippen LogP contribution in [0.1, 0.15) is 60.6 Å². The van der Waals surface area contributed by atoms with Crippen molar-refractivity contribution in [1.29, 1.82) is 0 Å². The van der Waals surface area contributed by atoms with Gasteiger partial charge in [0.15, 0.2) is 0 Å². The molecule has 0 radical (unpaired) electrons. The first-order valence-corrected chi connectivity index (χ1v) is 12.6. The summed E-state index contributed by atoms with van der Waals surface area (Å²) in [6.45, 7) is 6.23. The molecule has 172 valence electrons. The first kappa shape index (κ1) is 21.9. The summed E-state index contributed by atoms with van der Waals surface area (Å²) in [6, 6.07) is 11.9. The number of aryl methyl sites for hydroxylation is 1. The monoisotopic (exact) mass is 462 g/mol. The molecule has 1 saturated carbocycles. The fraction of sp³-hybridized carbons (Fsp3) is 0.423. The van der Waals surface area contributed by atoms with Crippen LogP contribution >= 0.6 is 11.3 Å². The van der Waals surface area contributed by atoms with Gasteiger partial charge in [-0.1, -0.05) is 37.5 Å². The maximum absolute atomic E-state index is 14.0. The lowest BCUT2D eigenvalue weighted by Gasteiger charge is -2.44. The zero-order chi connectivity index (χ0) is 23.2. The maximum atomic E-state index is 14.0. The van der Waals surface area contributed by atoms with Gasteiger partial charge in [0.05, 0.1) is 11.4 Å². The molecule has 6 nitrogen and oxygen atoms in total. The van der Waals surface area contributed by atoms with Crippen LogP contribution in [0.25, 0.3) is 10.6 Å². The lowest BCUT2D eigenvalue weighted by molar-refractivity contribution is -0.127. The molecule has 0 spiro atoms. The number of carbonyl (C=O) groups is 2. The third-order valence-corrected chi connectivity index (χ3v) is 8.07. The molecule has 2 aliphatic rings. The fourth-order valence-corrected chi connectivity index (χ4v) is 5.75. The zero-order valence-corrected chi connectivity index (χ0v) is 20.2. The Morgan fingerprint density at radius 1 is 1.15 bits per heavy atom. The highest BCUT2D eigenvalue weighted by atomic mass is 32.1. The summed E-state index contributed by atoms with van der Waals surface area (Å²) in [5.41, 5.74) is 3.08. The van der Waals surface area contributed by atoms with Crippen molar-refractivity contribution in [3.63, 3.8) is 0 Å². The molecule has 5 rings (SSSR count). The summed E-state index contributed by atoms with van der Waals surface area (Å²) in [4.78, 5) is 30.5. The number of nitrogens with one attached hydrogen (secondary N) is 1. The van der Waals surface area contributed by atoms with Crippen molar-refractivity contribution < 1.29 is 9.59 Å². The van der Waals surface area contributed by atoms with Gasteiger partial charge in [-0.2, -0.15) is 5.10 Å². The van der Waals surface area contributed by atoms with Gasteiger partial charge in [0.1, 0.15) is 16.9 Å². The van der Waals surface area contributed by atoms with E-state index in [9.17, 15) is 9.59 Å². The van der Waals surface area contributed by atoms with Crippen molar-refractivity contribution in [2.45, 2.75) is 71.0 Å². The maximum Gasteiger partial charge on any atom is 0.277 e. The van der Waals surface area contributed by atoms with Gasteiger partial charge in [-0.05, 0) is 68.3 Å². The van der Waals surface area contributed by atoms with E-state index in [-0.39, 0.29) is 17.9 Å². The van der Waals surface area contributed by atoms with E-state index in [2.05, 4.69) is 5.32 Å². The van der Waals surface area contributed by atoms with Crippen LogP contribution in [0.5, 0.6) is 0 Å². The molecule has 7 heteroatoms. The first-order chi connectivity index (χ1) is 15.9. The van der Waals surface area contributed by atoms with E-state index in [0.717, 1.165) is 53.1 Å². The molecule has 0 saturated heterocycles. The highest BCUT2D eigenvalue weighted by molar-refractivity contribution is 7.13. The van der Waals surface area contributed by atoms with E-state index in [1.165, 1.54) is 6.42 Å². The molecule has 1 atom stereocenters. The van der Waals surface area contributed by atoms with Gasteiger partial charge in [0, 0.05) is 11.7 Å². The average molecular weight is 463 g/mol. The zero-order valence-electron chi connectivity index (χ0n) is 19.4. The number of amides is 2. The molecule has 0 unspecified atom stereocenters. The molecule has 1 aromatic carbocycles. The SMILES string of the molecule is Cc1cccc(N2C(=O)c3cc(-c4cccs4)nn3C[C@@]2(C)C(=O)NC2CCCCC2)c1C. The van der Waals surface area contributed by atoms with Crippen LogP contribution in [0, 0.1) is 13.8 Å². The van der Waals surface area contributed by atoms with Crippen LogP contribution in [-0.4, -0.2) is 33.2 Å². The number of carbonyl (C=O) groups excluding carboxylic acids is 2. The Labute approximate surface area is 198 Å². The number of hydrogen-bond donors (Lipinski definition) is 1. The largest absolute Gasteiger partial charge is 0.351 e. The number of thiophene rings is 1. The van der Waals surface area contributed by atoms with E-state index in [1.54, 1.807) is 20.9 Å². The summed E-state index contributed by atoms with van der Waals surface area (Å²) in [7, 11) is 0. The summed E-state index contributed by atoms with van der Waals surface area (Å²) >= 11 is 1.59. The van der Waals surface area contributed by atoms with Crippen LogP contribution in [0.3, 0.4) is 0 Å². The second-order valence-electron chi connectivity index (χ2n) is 9.49. The lowest BCUT2D eigenvalue weighted by Crippen LogP contribution is -2.65. The average Bonchev–Trinajstić information content (AvgIpc) is 3.47. The lowest BCUT2D eigenvalue weighted by atomic mass is 9.90. The van der Waals surface area contributed by atoms with Crippen LogP contribution in [0.15, 0.2) is 41.8 Å². The van der Waals surface area contributed by atoms with Gasteiger partial charge in [-0.15, -0.1) is 11.3 Å². The predicted molar refractivity (Wildman–Crippen MR) is 132 cm³/mol. The molecule has 1 fully saturated rings. The molecule has 0 bridgehead atoms. The topological polar surface area (TPSA) is 67.2 Å². The Kier molecular flexibility index (Phi) is 5.60. The molecule has 3 aromatic rings. The molecule has 1 N–H and O–H groups in total. The van der Waals surface area contributed by atoms with E-state index in [0.29, 0.717) is 12.2 Å². The highest BCUT2D eigenvalue weighted by Gasteiger charge is 2.49. The van der Waals surface area contributed by atoms with Crippen LogP contribution in [0.2, 0.25) is 0 Å². The van der Waals surface area contributed by atoms with Crippen molar-refractivity contribution in [2.24, 2.45) is 0 Å². The summed E-state index contributed by atoms with van der Waals surface area (Å²) in [6.07, 6.45) is 5.48. The molecular formula is C26H30N4O2S. The van der Waals surface area contributed by atoms with Crippen molar-refractivity contribution in [3.05, 3.63) is 58.6 Å². The summed E-state index contributed by atoms with van der Waals surface area (Å²) < 4.78 is 1.72. The number of nitrogens with zero attached hydrogens (tertiary/aromatic N) is 3. The number of fused-ring (bicyclic) bond motifs is 1. The van der Waals surface area contributed by atoms with Gasteiger partial charge in [0.2, 0.25) is 5.91 Å². The van der Waals surface area contributed by atoms with Crippen molar-refractivity contribution >= 4 is 28.8 Å².